The number of hydrogen-bond acceptors (Lipinski definition) is 3. The minimum absolute atomic E-state index is 0.0363. The van der Waals surface area contributed by atoms with Gasteiger partial charge in [-0.15, -0.1) is 0 Å². The molecule has 0 aliphatic heterocycles. The third-order valence-electron chi connectivity index (χ3n) is 2.21. The maximum Gasteiger partial charge on any atom is 0.309 e. The van der Waals surface area contributed by atoms with E-state index in [-0.39, 0.29) is 23.5 Å². The SMILES string of the molecule is CC(C)(C)OC(=O)C1CC[C@H](N)C1. The summed E-state index contributed by atoms with van der Waals surface area (Å²) in [5.41, 5.74) is 5.35. The van der Waals surface area contributed by atoms with Crippen LogP contribution in [-0.4, -0.2) is 17.6 Å². The van der Waals surface area contributed by atoms with Gasteiger partial charge in [-0.05, 0) is 40.0 Å². The van der Waals surface area contributed by atoms with E-state index in [4.69, 9.17) is 10.5 Å². The van der Waals surface area contributed by atoms with Gasteiger partial charge in [-0.3, -0.25) is 4.79 Å². The lowest BCUT2D eigenvalue weighted by Gasteiger charge is -2.21. The number of hydrogen-bond donors (Lipinski definition) is 1. The number of nitrogens with two attached hydrogens (primary N) is 1. The molecule has 3 heteroatoms. The van der Waals surface area contributed by atoms with Gasteiger partial charge >= 0.3 is 5.97 Å². The fraction of sp³-hybridized carbons (Fsp3) is 0.900. The lowest BCUT2D eigenvalue weighted by atomic mass is 10.1. The number of carbonyl (C=O) groups excluding carboxylic acids is 1. The number of carbonyl (C=O) groups is 1. The predicted octanol–water partition coefficient (Wildman–Crippen LogP) is 1.46. The zero-order chi connectivity index (χ0) is 10.1. The standard InChI is InChI=1S/C10H19NO2/c1-10(2,3)13-9(12)7-4-5-8(11)6-7/h7-8H,4-6,11H2,1-3H3/t7?,8-/m0/s1. The van der Waals surface area contributed by atoms with Crippen molar-refractivity contribution in [2.45, 2.75) is 51.7 Å². The maximum absolute atomic E-state index is 11.5. The Labute approximate surface area is 79.6 Å². The molecule has 13 heavy (non-hydrogen) atoms. The molecule has 1 rings (SSSR count). The molecular weight excluding hydrogens is 166 g/mol. The first-order valence-electron chi connectivity index (χ1n) is 4.87. The highest BCUT2D eigenvalue weighted by molar-refractivity contribution is 5.73. The molecule has 0 amide bonds. The van der Waals surface area contributed by atoms with Gasteiger partial charge in [0.2, 0.25) is 0 Å². The Morgan fingerprint density at radius 1 is 1.38 bits per heavy atom. The van der Waals surface area contributed by atoms with Gasteiger partial charge in [0.1, 0.15) is 5.60 Å². The molecular formula is C10H19NO2. The van der Waals surface area contributed by atoms with Gasteiger partial charge in [0.15, 0.2) is 0 Å². The van der Waals surface area contributed by atoms with E-state index in [1.165, 1.54) is 0 Å². The minimum atomic E-state index is -0.371. The summed E-state index contributed by atoms with van der Waals surface area (Å²) >= 11 is 0. The summed E-state index contributed by atoms with van der Waals surface area (Å²) in [4.78, 5) is 11.5. The van der Waals surface area contributed by atoms with Crippen molar-refractivity contribution in [3.8, 4) is 0 Å². The molecule has 1 unspecified atom stereocenters. The molecule has 1 aliphatic rings. The molecule has 0 aromatic rings. The van der Waals surface area contributed by atoms with E-state index in [1.807, 2.05) is 20.8 Å². The van der Waals surface area contributed by atoms with E-state index in [0.717, 1.165) is 19.3 Å². The van der Waals surface area contributed by atoms with Crippen LogP contribution in [0.2, 0.25) is 0 Å². The lowest BCUT2D eigenvalue weighted by Crippen LogP contribution is -2.28. The van der Waals surface area contributed by atoms with Crippen LogP contribution in [0, 0.1) is 5.92 Å². The molecule has 2 N–H and O–H groups in total. The Hall–Kier alpha value is -0.570. The van der Waals surface area contributed by atoms with Crippen molar-refractivity contribution in [1.82, 2.24) is 0 Å². The van der Waals surface area contributed by atoms with E-state index in [1.54, 1.807) is 0 Å². The normalized spacial score (nSPS) is 28.9. The fourth-order valence-electron chi connectivity index (χ4n) is 1.62. The summed E-state index contributed by atoms with van der Waals surface area (Å²) in [6, 6.07) is 0.192. The van der Waals surface area contributed by atoms with Crippen molar-refractivity contribution in [2.75, 3.05) is 0 Å². The van der Waals surface area contributed by atoms with E-state index in [9.17, 15) is 4.79 Å². The van der Waals surface area contributed by atoms with Crippen LogP contribution in [0.15, 0.2) is 0 Å². The highest BCUT2D eigenvalue weighted by atomic mass is 16.6. The number of esters is 1. The van der Waals surface area contributed by atoms with Gasteiger partial charge < -0.3 is 10.5 Å². The van der Waals surface area contributed by atoms with Crippen molar-refractivity contribution in [3.05, 3.63) is 0 Å². The first kappa shape index (κ1) is 10.5. The molecule has 0 bridgehead atoms. The molecule has 0 aromatic carbocycles. The molecule has 76 valence electrons. The molecule has 0 saturated heterocycles. The van der Waals surface area contributed by atoms with Crippen molar-refractivity contribution in [1.29, 1.82) is 0 Å². The molecule has 0 spiro atoms. The highest BCUT2D eigenvalue weighted by Crippen LogP contribution is 2.26. The van der Waals surface area contributed by atoms with Gasteiger partial charge in [0.25, 0.3) is 0 Å². The monoisotopic (exact) mass is 185 g/mol. The summed E-state index contributed by atoms with van der Waals surface area (Å²) in [6.07, 6.45) is 2.62. The Bertz CT molecular complexity index is 196. The Balaban J connectivity index is 2.41. The summed E-state index contributed by atoms with van der Waals surface area (Å²) < 4.78 is 5.28. The van der Waals surface area contributed by atoms with Crippen LogP contribution in [0.25, 0.3) is 0 Å². The van der Waals surface area contributed by atoms with Gasteiger partial charge in [0, 0.05) is 6.04 Å². The van der Waals surface area contributed by atoms with Crippen LogP contribution in [0.4, 0.5) is 0 Å². The van der Waals surface area contributed by atoms with Crippen molar-refractivity contribution in [3.63, 3.8) is 0 Å². The molecule has 0 heterocycles. The van der Waals surface area contributed by atoms with Crippen LogP contribution < -0.4 is 5.73 Å². The van der Waals surface area contributed by atoms with Crippen LogP contribution in [0.5, 0.6) is 0 Å². The molecule has 2 atom stereocenters. The van der Waals surface area contributed by atoms with Crippen LogP contribution in [0.3, 0.4) is 0 Å². The second-order valence-electron chi connectivity index (χ2n) is 4.80. The largest absolute Gasteiger partial charge is 0.460 e. The van der Waals surface area contributed by atoms with Gasteiger partial charge in [-0.1, -0.05) is 0 Å². The summed E-state index contributed by atoms with van der Waals surface area (Å²) in [5.74, 6) is -0.0466. The van der Waals surface area contributed by atoms with Crippen LogP contribution >= 0.6 is 0 Å². The second-order valence-corrected chi connectivity index (χ2v) is 4.80. The Kier molecular flexibility index (Phi) is 2.96. The van der Waals surface area contributed by atoms with E-state index in [0.29, 0.717) is 0 Å². The Morgan fingerprint density at radius 3 is 2.38 bits per heavy atom. The minimum Gasteiger partial charge on any atom is -0.460 e. The molecule has 1 aliphatic carbocycles. The second kappa shape index (κ2) is 3.66. The van der Waals surface area contributed by atoms with Gasteiger partial charge in [-0.2, -0.15) is 0 Å². The third-order valence-corrected chi connectivity index (χ3v) is 2.21. The van der Waals surface area contributed by atoms with Crippen LogP contribution in [-0.2, 0) is 9.53 Å². The summed E-state index contributed by atoms with van der Waals surface area (Å²) in [6.45, 7) is 5.67. The van der Waals surface area contributed by atoms with Gasteiger partial charge in [-0.25, -0.2) is 0 Å². The number of ether oxygens (including phenoxy) is 1. The average molecular weight is 185 g/mol. The Morgan fingerprint density at radius 2 is 2.00 bits per heavy atom. The lowest BCUT2D eigenvalue weighted by molar-refractivity contribution is -0.159. The van der Waals surface area contributed by atoms with Crippen molar-refractivity contribution >= 4 is 5.97 Å². The van der Waals surface area contributed by atoms with Crippen LogP contribution in [0.1, 0.15) is 40.0 Å². The zero-order valence-electron chi connectivity index (χ0n) is 8.67. The molecule has 1 saturated carbocycles. The topological polar surface area (TPSA) is 52.3 Å². The number of rotatable bonds is 1. The molecule has 1 fully saturated rings. The predicted molar refractivity (Wildman–Crippen MR) is 51.2 cm³/mol. The van der Waals surface area contributed by atoms with E-state index >= 15 is 0 Å². The zero-order valence-corrected chi connectivity index (χ0v) is 8.67. The summed E-state index contributed by atoms with van der Waals surface area (Å²) in [7, 11) is 0. The maximum atomic E-state index is 11.5. The molecule has 3 nitrogen and oxygen atoms in total. The first-order valence-corrected chi connectivity index (χ1v) is 4.87. The molecule has 0 radical (unpaired) electrons. The quantitative estimate of drug-likeness (QED) is 0.629. The summed E-state index contributed by atoms with van der Waals surface area (Å²) in [5, 5.41) is 0. The molecule has 0 aromatic heterocycles. The highest BCUT2D eigenvalue weighted by Gasteiger charge is 2.31. The third kappa shape index (κ3) is 3.35. The fourth-order valence-corrected chi connectivity index (χ4v) is 1.62. The smallest absolute Gasteiger partial charge is 0.309 e. The van der Waals surface area contributed by atoms with Gasteiger partial charge in [0.05, 0.1) is 5.92 Å². The first-order chi connectivity index (χ1) is 5.88. The van der Waals surface area contributed by atoms with Crippen molar-refractivity contribution < 1.29 is 9.53 Å². The van der Waals surface area contributed by atoms with Crippen molar-refractivity contribution in [2.24, 2.45) is 11.7 Å². The van der Waals surface area contributed by atoms with E-state index in [2.05, 4.69) is 0 Å². The average Bonchev–Trinajstić information content (AvgIpc) is 2.31. The van der Waals surface area contributed by atoms with E-state index < -0.39 is 0 Å².